The van der Waals surface area contributed by atoms with E-state index in [4.69, 9.17) is 12.6 Å². The van der Waals surface area contributed by atoms with Crippen molar-refractivity contribution in [2.45, 2.75) is 94.5 Å². The largest absolute Gasteiger partial charge is 0.312 e. The summed E-state index contributed by atoms with van der Waals surface area (Å²) in [5.41, 5.74) is 12.5. The molecule has 33 heavy (non-hydrogen) atoms. The zero-order chi connectivity index (χ0) is 23.3. The normalized spacial score (nSPS) is 26.4. The van der Waals surface area contributed by atoms with E-state index in [0.29, 0.717) is 23.4 Å². The molecule has 4 heteroatoms. The number of thiol groups is 1. The molecule has 0 saturated carbocycles. The van der Waals surface area contributed by atoms with Crippen molar-refractivity contribution in [3.05, 3.63) is 62.7 Å². The van der Waals surface area contributed by atoms with E-state index in [9.17, 15) is 0 Å². The molecule has 0 spiro atoms. The Morgan fingerprint density at radius 1 is 1.09 bits per heavy atom. The lowest BCUT2D eigenvalue weighted by atomic mass is 9.77. The number of rotatable bonds is 5. The minimum absolute atomic E-state index is 0.343. The van der Waals surface area contributed by atoms with Gasteiger partial charge in [0.25, 0.3) is 0 Å². The van der Waals surface area contributed by atoms with Crippen molar-refractivity contribution in [3.63, 3.8) is 0 Å². The third-order valence-electron chi connectivity index (χ3n) is 8.43. The molecule has 2 aromatic carbocycles. The molecule has 0 bridgehead atoms. The highest BCUT2D eigenvalue weighted by molar-refractivity contribution is 7.99. The fraction of sp³-hybridized carbons (Fsp3) is 0.586. The molecular weight excluding hydrogens is 440 g/mol. The first-order chi connectivity index (χ1) is 16.0. The van der Waals surface area contributed by atoms with Crippen LogP contribution in [0.25, 0.3) is 0 Å². The van der Waals surface area contributed by atoms with Gasteiger partial charge in [-0.2, -0.15) is 11.8 Å². The highest BCUT2D eigenvalue weighted by Crippen LogP contribution is 2.56. The Kier molecular flexibility index (Phi) is 6.92. The van der Waals surface area contributed by atoms with Gasteiger partial charge in [-0.05, 0) is 97.7 Å². The number of hydrogen-bond acceptors (Lipinski definition) is 4. The molecule has 5 rings (SSSR count). The Labute approximate surface area is 210 Å². The van der Waals surface area contributed by atoms with Gasteiger partial charge in [-0.25, -0.2) is 0 Å². The van der Waals surface area contributed by atoms with Crippen LogP contribution >= 0.6 is 24.4 Å². The van der Waals surface area contributed by atoms with Crippen LogP contribution in [-0.2, 0) is 19.3 Å². The van der Waals surface area contributed by atoms with Gasteiger partial charge in [0.1, 0.15) is 0 Å². The summed E-state index contributed by atoms with van der Waals surface area (Å²) in [6, 6.07) is 8.47. The molecule has 0 amide bonds. The third-order valence-corrected chi connectivity index (χ3v) is 10.2. The first-order valence-electron chi connectivity index (χ1n) is 13.0. The number of benzene rings is 2. The number of likely N-dealkylation sites (N-methyl/N-ethyl adjacent to an activating group) is 1. The van der Waals surface area contributed by atoms with E-state index in [1.54, 1.807) is 22.3 Å². The predicted octanol–water partition coefficient (Wildman–Crippen LogP) is 6.92. The summed E-state index contributed by atoms with van der Waals surface area (Å²) in [5.74, 6) is 1.14. The van der Waals surface area contributed by atoms with Crippen LogP contribution in [0.15, 0.2) is 23.1 Å². The molecule has 1 N–H and O–H groups in total. The molecule has 1 unspecified atom stereocenters. The van der Waals surface area contributed by atoms with Crippen molar-refractivity contribution < 1.29 is 0 Å². The third kappa shape index (κ3) is 3.80. The van der Waals surface area contributed by atoms with E-state index in [2.05, 4.69) is 74.9 Å². The molecule has 1 aliphatic carbocycles. The predicted molar refractivity (Wildman–Crippen MR) is 146 cm³/mol. The van der Waals surface area contributed by atoms with Crippen molar-refractivity contribution >= 4 is 24.4 Å². The summed E-state index contributed by atoms with van der Waals surface area (Å²) in [6.45, 7) is 10.5. The number of nitrogens with one attached hydrogen (secondary N) is 1. The van der Waals surface area contributed by atoms with Gasteiger partial charge < -0.3 is 5.32 Å². The van der Waals surface area contributed by atoms with Crippen molar-refractivity contribution in [3.8, 4) is 0 Å². The summed E-state index contributed by atoms with van der Waals surface area (Å²) >= 11 is 7.29. The lowest BCUT2D eigenvalue weighted by Gasteiger charge is -2.51. The molecule has 0 saturated heterocycles. The number of aryl methyl sites for hydroxylation is 1. The highest BCUT2D eigenvalue weighted by atomic mass is 32.2. The molecule has 0 radical (unpaired) electrons. The average Bonchev–Trinajstić information content (AvgIpc) is 3.23. The molecule has 4 atom stereocenters. The van der Waals surface area contributed by atoms with Crippen molar-refractivity contribution in [1.82, 2.24) is 10.2 Å². The van der Waals surface area contributed by atoms with Crippen LogP contribution in [0, 0.1) is 13.8 Å². The van der Waals surface area contributed by atoms with E-state index in [-0.39, 0.29) is 0 Å². The van der Waals surface area contributed by atoms with Crippen LogP contribution < -0.4 is 5.32 Å². The maximum Gasteiger partial charge on any atom is 0.0493 e. The summed E-state index contributed by atoms with van der Waals surface area (Å²) in [5, 5.41) is 4.29. The second-order valence-electron chi connectivity index (χ2n) is 10.2. The van der Waals surface area contributed by atoms with E-state index < -0.39 is 0 Å². The van der Waals surface area contributed by atoms with Gasteiger partial charge in [0.2, 0.25) is 0 Å². The lowest BCUT2D eigenvalue weighted by molar-refractivity contribution is 0.0881. The Morgan fingerprint density at radius 3 is 2.61 bits per heavy atom. The minimum Gasteiger partial charge on any atom is -0.312 e. The molecule has 2 heterocycles. The SMILES string of the molecule is CCC[C@H]1c2c3c(c(S)c(C)c2[C@@H](SCC)C2[C@H](NC)c4cc(C)ccc4CCN21)CCC3. The summed E-state index contributed by atoms with van der Waals surface area (Å²) in [4.78, 5) is 4.23. The van der Waals surface area contributed by atoms with Gasteiger partial charge in [0, 0.05) is 34.8 Å². The van der Waals surface area contributed by atoms with Crippen LogP contribution in [0.5, 0.6) is 0 Å². The van der Waals surface area contributed by atoms with Crippen LogP contribution in [-0.4, -0.2) is 30.3 Å². The van der Waals surface area contributed by atoms with Crippen LogP contribution in [0.3, 0.4) is 0 Å². The van der Waals surface area contributed by atoms with Gasteiger partial charge >= 0.3 is 0 Å². The monoisotopic (exact) mass is 480 g/mol. The molecule has 2 aliphatic heterocycles. The smallest absolute Gasteiger partial charge is 0.0493 e. The second kappa shape index (κ2) is 9.60. The summed E-state index contributed by atoms with van der Waals surface area (Å²) in [6.07, 6.45) is 7.36. The fourth-order valence-electron chi connectivity index (χ4n) is 7.09. The van der Waals surface area contributed by atoms with Gasteiger partial charge in [0.15, 0.2) is 0 Å². The van der Waals surface area contributed by atoms with E-state index in [0.717, 1.165) is 18.7 Å². The van der Waals surface area contributed by atoms with Crippen LogP contribution in [0.2, 0.25) is 0 Å². The Morgan fingerprint density at radius 2 is 1.88 bits per heavy atom. The van der Waals surface area contributed by atoms with Crippen LogP contribution in [0.1, 0.15) is 95.0 Å². The molecule has 0 fully saturated rings. The number of fused-ring (bicyclic) bond motifs is 5. The zero-order valence-corrected chi connectivity index (χ0v) is 22.7. The second-order valence-corrected chi connectivity index (χ2v) is 12.1. The van der Waals surface area contributed by atoms with Gasteiger partial charge in [0.05, 0.1) is 0 Å². The molecule has 178 valence electrons. The molecular formula is C29H40N2S2. The van der Waals surface area contributed by atoms with Gasteiger partial charge in [-0.1, -0.05) is 44.0 Å². The molecule has 2 aromatic rings. The fourth-order valence-corrected chi connectivity index (χ4v) is 8.80. The van der Waals surface area contributed by atoms with Gasteiger partial charge in [-0.3, -0.25) is 4.90 Å². The van der Waals surface area contributed by atoms with Crippen LogP contribution in [0.4, 0.5) is 0 Å². The summed E-state index contributed by atoms with van der Waals surface area (Å²) in [7, 11) is 2.18. The van der Waals surface area contributed by atoms with E-state index in [1.165, 1.54) is 59.3 Å². The average molecular weight is 481 g/mol. The number of thioether (sulfide) groups is 1. The lowest BCUT2D eigenvalue weighted by Crippen LogP contribution is -2.51. The zero-order valence-electron chi connectivity index (χ0n) is 21.0. The van der Waals surface area contributed by atoms with Gasteiger partial charge in [-0.15, -0.1) is 12.6 Å². The Balaban J connectivity index is 1.77. The van der Waals surface area contributed by atoms with Crippen molar-refractivity contribution in [2.24, 2.45) is 0 Å². The molecule has 2 nitrogen and oxygen atoms in total. The quantitative estimate of drug-likeness (QED) is 0.452. The first-order valence-corrected chi connectivity index (χ1v) is 14.5. The molecule has 0 aromatic heterocycles. The Hall–Kier alpha value is -0.940. The first kappa shape index (κ1) is 23.8. The van der Waals surface area contributed by atoms with Crippen molar-refractivity contribution in [1.29, 1.82) is 0 Å². The Bertz CT molecular complexity index is 1050. The minimum atomic E-state index is 0.343. The number of hydrogen-bond donors (Lipinski definition) is 2. The van der Waals surface area contributed by atoms with E-state index >= 15 is 0 Å². The topological polar surface area (TPSA) is 15.3 Å². The van der Waals surface area contributed by atoms with Crippen molar-refractivity contribution in [2.75, 3.05) is 19.3 Å². The molecule has 3 aliphatic rings. The standard InChI is InChI=1S/C29H40N2S2/c1-6-9-23-25-20-10-8-11-21(20)28(32)18(4)24(25)29(33-7-2)27-26(30-5)22-16-17(3)12-13-19(22)14-15-31(23)27/h12-13,16,23,26-27,29-30,32H,6-11,14-15H2,1-5H3/t23-,26+,27?,29+/m0/s1. The number of nitrogens with zero attached hydrogens (tertiary/aromatic N) is 1. The highest BCUT2D eigenvalue weighted by Gasteiger charge is 2.48. The summed E-state index contributed by atoms with van der Waals surface area (Å²) < 4.78 is 0. The maximum atomic E-state index is 5.13. The van der Waals surface area contributed by atoms with E-state index in [1.807, 2.05) is 0 Å². The maximum absolute atomic E-state index is 5.13.